The van der Waals surface area contributed by atoms with Crippen molar-refractivity contribution in [2.75, 3.05) is 23.7 Å². The number of nitrogens with one attached hydrogen (secondary N) is 2. The third-order valence-electron chi connectivity index (χ3n) is 3.19. The molecule has 18 heavy (non-hydrogen) atoms. The molecule has 0 atom stereocenters. The second-order valence-electron chi connectivity index (χ2n) is 5.12. The van der Waals surface area contributed by atoms with Gasteiger partial charge in [-0.05, 0) is 32.1 Å². The second kappa shape index (κ2) is 6.57. The Labute approximate surface area is 110 Å². The molecule has 0 radical (unpaired) electrons. The summed E-state index contributed by atoms with van der Waals surface area (Å²) in [4.78, 5) is 8.79. The summed E-state index contributed by atoms with van der Waals surface area (Å²) in [5.41, 5.74) is 0. The van der Waals surface area contributed by atoms with Crippen LogP contribution < -0.4 is 10.6 Å². The van der Waals surface area contributed by atoms with Gasteiger partial charge in [0.25, 0.3) is 0 Å². The van der Waals surface area contributed by atoms with E-state index in [-0.39, 0.29) is 0 Å². The van der Waals surface area contributed by atoms with Gasteiger partial charge in [0.15, 0.2) is 0 Å². The Morgan fingerprint density at radius 1 is 1.17 bits per heavy atom. The van der Waals surface area contributed by atoms with Gasteiger partial charge >= 0.3 is 0 Å². The standard InChI is InChI=1S/C14H24N4/c1-3-8-15-13-10-14(18-11(2)17-13)16-9-4-5-12-6-7-12/h10,12H,3-9H2,1-2H3,(H2,15,16,17,18). The summed E-state index contributed by atoms with van der Waals surface area (Å²) >= 11 is 0. The van der Waals surface area contributed by atoms with Crippen LogP contribution in [0.4, 0.5) is 11.6 Å². The molecule has 1 saturated carbocycles. The van der Waals surface area contributed by atoms with Gasteiger partial charge in [-0.25, -0.2) is 9.97 Å². The molecule has 0 aliphatic heterocycles. The molecule has 1 aromatic rings. The maximum atomic E-state index is 4.41. The molecule has 0 spiro atoms. The third kappa shape index (κ3) is 4.51. The minimum atomic E-state index is 0.820. The van der Waals surface area contributed by atoms with Crippen molar-refractivity contribution < 1.29 is 0 Å². The molecule has 1 heterocycles. The van der Waals surface area contributed by atoms with Gasteiger partial charge in [0, 0.05) is 19.2 Å². The van der Waals surface area contributed by atoms with Crippen LogP contribution in [0.25, 0.3) is 0 Å². The van der Waals surface area contributed by atoms with Crippen LogP contribution in [0.2, 0.25) is 0 Å². The summed E-state index contributed by atoms with van der Waals surface area (Å²) in [5, 5.41) is 6.70. The first kappa shape index (κ1) is 13.1. The molecule has 4 heteroatoms. The number of aryl methyl sites for hydroxylation is 1. The lowest BCUT2D eigenvalue weighted by atomic mass is 10.2. The minimum Gasteiger partial charge on any atom is -0.370 e. The number of hydrogen-bond acceptors (Lipinski definition) is 4. The van der Waals surface area contributed by atoms with Crippen LogP contribution >= 0.6 is 0 Å². The van der Waals surface area contributed by atoms with Crippen molar-refractivity contribution in [2.45, 2.75) is 46.0 Å². The number of rotatable bonds is 8. The highest BCUT2D eigenvalue weighted by Gasteiger charge is 2.19. The van der Waals surface area contributed by atoms with Gasteiger partial charge in [0.2, 0.25) is 0 Å². The fraction of sp³-hybridized carbons (Fsp3) is 0.714. The topological polar surface area (TPSA) is 49.8 Å². The lowest BCUT2D eigenvalue weighted by Crippen LogP contribution is -2.08. The molecule has 2 N–H and O–H groups in total. The lowest BCUT2D eigenvalue weighted by molar-refractivity contribution is 0.686. The largest absolute Gasteiger partial charge is 0.370 e. The predicted octanol–water partition coefficient (Wildman–Crippen LogP) is 3.21. The molecule has 1 fully saturated rings. The maximum absolute atomic E-state index is 4.41. The van der Waals surface area contributed by atoms with Gasteiger partial charge in [-0.15, -0.1) is 0 Å². The maximum Gasteiger partial charge on any atom is 0.131 e. The molecule has 4 nitrogen and oxygen atoms in total. The Morgan fingerprint density at radius 3 is 2.44 bits per heavy atom. The van der Waals surface area contributed by atoms with E-state index in [2.05, 4.69) is 27.5 Å². The van der Waals surface area contributed by atoms with E-state index in [0.717, 1.165) is 42.9 Å². The average molecular weight is 248 g/mol. The first-order valence-electron chi connectivity index (χ1n) is 7.11. The van der Waals surface area contributed by atoms with Crippen LogP contribution in [0.15, 0.2) is 6.07 Å². The smallest absolute Gasteiger partial charge is 0.131 e. The fourth-order valence-electron chi connectivity index (χ4n) is 2.02. The molecule has 0 unspecified atom stereocenters. The average Bonchev–Trinajstić information content (AvgIpc) is 3.15. The second-order valence-corrected chi connectivity index (χ2v) is 5.12. The van der Waals surface area contributed by atoms with E-state index >= 15 is 0 Å². The molecule has 1 aliphatic rings. The van der Waals surface area contributed by atoms with Crippen molar-refractivity contribution >= 4 is 11.6 Å². The molecule has 0 bridgehead atoms. The molecule has 0 aromatic carbocycles. The van der Waals surface area contributed by atoms with Crippen molar-refractivity contribution in [2.24, 2.45) is 5.92 Å². The highest BCUT2D eigenvalue weighted by atomic mass is 15.1. The van der Waals surface area contributed by atoms with Gasteiger partial charge in [-0.1, -0.05) is 19.8 Å². The Balaban J connectivity index is 1.79. The molecule has 0 saturated heterocycles. The van der Waals surface area contributed by atoms with E-state index in [9.17, 15) is 0 Å². The molecule has 2 rings (SSSR count). The van der Waals surface area contributed by atoms with E-state index in [0.29, 0.717) is 0 Å². The van der Waals surface area contributed by atoms with Gasteiger partial charge < -0.3 is 10.6 Å². The Morgan fingerprint density at radius 2 is 1.83 bits per heavy atom. The number of hydrogen-bond donors (Lipinski definition) is 2. The number of anilines is 2. The SMILES string of the molecule is CCCNc1cc(NCCCC2CC2)nc(C)n1. The predicted molar refractivity (Wildman–Crippen MR) is 76.0 cm³/mol. The van der Waals surface area contributed by atoms with Crippen LogP contribution in [-0.2, 0) is 0 Å². The quantitative estimate of drug-likeness (QED) is 0.694. The number of aromatic nitrogens is 2. The van der Waals surface area contributed by atoms with Gasteiger partial charge in [0.1, 0.15) is 17.5 Å². The van der Waals surface area contributed by atoms with Crippen molar-refractivity contribution in [3.05, 3.63) is 11.9 Å². The van der Waals surface area contributed by atoms with Crippen LogP contribution in [0.5, 0.6) is 0 Å². The van der Waals surface area contributed by atoms with E-state index in [1.165, 1.54) is 25.7 Å². The highest BCUT2D eigenvalue weighted by molar-refractivity contribution is 5.47. The van der Waals surface area contributed by atoms with E-state index in [4.69, 9.17) is 0 Å². The van der Waals surface area contributed by atoms with Crippen molar-refractivity contribution in [3.8, 4) is 0 Å². The summed E-state index contributed by atoms with van der Waals surface area (Å²) in [6.07, 6.45) is 6.59. The van der Waals surface area contributed by atoms with E-state index in [1.807, 2.05) is 13.0 Å². The van der Waals surface area contributed by atoms with Crippen molar-refractivity contribution in [1.29, 1.82) is 0 Å². The monoisotopic (exact) mass is 248 g/mol. The summed E-state index contributed by atoms with van der Waals surface area (Å²) in [6.45, 7) is 6.06. The molecule has 0 amide bonds. The zero-order valence-electron chi connectivity index (χ0n) is 11.5. The summed E-state index contributed by atoms with van der Waals surface area (Å²) in [5.74, 6) is 3.70. The van der Waals surface area contributed by atoms with Crippen LogP contribution in [0, 0.1) is 12.8 Å². The molecular formula is C14H24N4. The van der Waals surface area contributed by atoms with Crippen molar-refractivity contribution in [3.63, 3.8) is 0 Å². The highest BCUT2D eigenvalue weighted by Crippen LogP contribution is 2.33. The zero-order valence-corrected chi connectivity index (χ0v) is 11.5. The number of nitrogens with zero attached hydrogens (tertiary/aromatic N) is 2. The Kier molecular flexibility index (Phi) is 4.79. The Hall–Kier alpha value is -1.32. The first-order chi connectivity index (χ1) is 8.78. The molecule has 100 valence electrons. The van der Waals surface area contributed by atoms with Crippen LogP contribution in [0.1, 0.15) is 44.9 Å². The Bertz CT molecular complexity index is 374. The summed E-state index contributed by atoms with van der Waals surface area (Å²) < 4.78 is 0. The normalized spacial score (nSPS) is 14.6. The van der Waals surface area contributed by atoms with Gasteiger partial charge in [-0.3, -0.25) is 0 Å². The molecule has 1 aromatic heterocycles. The minimum absolute atomic E-state index is 0.820. The van der Waals surface area contributed by atoms with E-state index in [1.54, 1.807) is 0 Å². The third-order valence-corrected chi connectivity index (χ3v) is 3.19. The summed E-state index contributed by atoms with van der Waals surface area (Å²) in [6, 6.07) is 2.00. The first-order valence-corrected chi connectivity index (χ1v) is 7.11. The molecular weight excluding hydrogens is 224 g/mol. The summed E-state index contributed by atoms with van der Waals surface area (Å²) in [7, 11) is 0. The van der Waals surface area contributed by atoms with Crippen LogP contribution in [-0.4, -0.2) is 23.1 Å². The zero-order chi connectivity index (χ0) is 12.8. The van der Waals surface area contributed by atoms with Gasteiger partial charge in [-0.2, -0.15) is 0 Å². The lowest BCUT2D eigenvalue weighted by Gasteiger charge is -2.09. The van der Waals surface area contributed by atoms with Gasteiger partial charge in [0.05, 0.1) is 0 Å². The van der Waals surface area contributed by atoms with Crippen LogP contribution in [0.3, 0.4) is 0 Å². The molecule has 1 aliphatic carbocycles. The van der Waals surface area contributed by atoms with E-state index < -0.39 is 0 Å². The fourth-order valence-corrected chi connectivity index (χ4v) is 2.02. The van der Waals surface area contributed by atoms with Crippen molar-refractivity contribution in [1.82, 2.24) is 9.97 Å².